The van der Waals surface area contributed by atoms with Crippen molar-refractivity contribution < 1.29 is 32.6 Å². The van der Waals surface area contributed by atoms with E-state index < -0.39 is 21.9 Å². The van der Waals surface area contributed by atoms with Crippen LogP contribution in [0.3, 0.4) is 0 Å². The first-order valence-corrected chi connectivity index (χ1v) is 13.7. The summed E-state index contributed by atoms with van der Waals surface area (Å²) in [4.78, 5) is 24.5. The van der Waals surface area contributed by atoms with Crippen LogP contribution in [0.1, 0.15) is 45.2 Å². The van der Waals surface area contributed by atoms with Crippen molar-refractivity contribution in [3.63, 3.8) is 0 Å². The van der Waals surface area contributed by atoms with E-state index in [2.05, 4.69) is 11.4 Å². The van der Waals surface area contributed by atoms with Gasteiger partial charge in [0, 0.05) is 46.7 Å². The zero-order chi connectivity index (χ0) is 27.2. The number of carbonyl (C=O) groups is 2. The highest BCUT2D eigenvalue weighted by Gasteiger charge is 2.46. The molecule has 0 aromatic heterocycles. The van der Waals surface area contributed by atoms with Crippen molar-refractivity contribution in [3.8, 4) is 6.07 Å². The molecule has 1 aromatic rings. The van der Waals surface area contributed by atoms with E-state index in [9.17, 15) is 31.2 Å². The minimum Gasteiger partial charge on any atom is -0.355 e. The van der Waals surface area contributed by atoms with E-state index in [4.69, 9.17) is 5.26 Å². The van der Waals surface area contributed by atoms with E-state index in [1.54, 1.807) is 0 Å². The van der Waals surface area contributed by atoms with Crippen LogP contribution in [-0.2, 0) is 32.5 Å². The van der Waals surface area contributed by atoms with Crippen LogP contribution in [0.15, 0.2) is 24.3 Å². The Morgan fingerprint density at radius 1 is 1.16 bits per heavy atom. The second kappa shape index (κ2) is 13.9. The summed E-state index contributed by atoms with van der Waals surface area (Å²) in [6, 6.07) is 6.42. The molecule has 1 N–H and O–H groups in total. The molecule has 3 aliphatic heterocycles. The van der Waals surface area contributed by atoms with Gasteiger partial charge in [0.15, 0.2) is 0 Å². The van der Waals surface area contributed by atoms with Gasteiger partial charge in [-0.2, -0.15) is 35.5 Å². The number of nitrogens with one attached hydrogen (secondary N) is 1. The Kier molecular flexibility index (Phi) is 11.8. The molecule has 0 unspecified atom stereocenters. The van der Waals surface area contributed by atoms with E-state index in [1.807, 2.05) is 11.8 Å². The topological polar surface area (TPSA) is 114 Å². The van der Waals surface area contributed by atoms with E-state index in [-0.39, 0.29) is 68.8 Å². The predicted molar refractivity (Wildman–Crippen MR) is 146 cm³/mol. The summed E-state index contributed by atoms with van der Waals surface area (Å²) in [6.45, 7) is 4.68. The maximum absolute atomic E-state index is 12.7. The molecule has 0 spiro atoms. The SMILES string of the molecule is C[C@H]1[C@@H](C(=O)N2CCCC2)CCCN1S(=O)(=O)N1CC(C#N)C1.I.O=CNCc1ccc(C(F)(F)F)cc1.[HH]. The molecule has 0 bridgehead atoms. The summed E-state index contributed by atoms with van der Waals surface area (Å²) >= 11 is 0. The fourth-order valence-electron chi connectivity index (χ4n) is 4.77. The molecule has 38 heavy (non-hydrogen) atoms. The van der Waals surface area contributed by atoms with Crippen LogP contribution in [0, 0.1) is 23.2 Å². The number of rotatable bonds is 6. The number of carbonyl (C=O) groups excluding carboxylic acids is 2. The Hall–Kier alpha value is -1.96. The fraction of sp³-hybridized carbons (Fsp3) is 0.625. The van der Waals surface area contributed by atoms with Crippen LogP contribution < -0.4 is 5.32 Å². The molecule has 3 saturated heterocycles. The lowest BCUT2D eigenvalue weighted by atomic mass is 9.90. The van der Waals surface area contributed by atoms with Gasteiger partial charge in [0.25, 0.3) is 10.2 Å². The minimum atomic E-state index is -4.31. The standard InChI is InChI=1S/C15H24N4O3S.C9H8F3NO.HI.H2/c1-12-14(15(20)17-6-2-3-7-17)5-4-8-19(12)23(21,22)18-10-13(9-16)11-18;10-9(11,12)8-3-1-7(2-4-8)5-13-6-14;;/h12-14H,2-8,10-11H2,1H3;1-4,6H,5H2,(H,13,14);2*1H/t12-,14-;;;/m0.../s1. The molecule has 3 fully saturated rings. The van der Waals surface area contributed by atoms with Crippen LogP contribution in [0.25, 0.3) is 0 Å². The van der Waals surface area contributed by atoms with Gasteiger partial charge >= 0.3 is 6.18 Å². The van der Waals surface area contributed by atoms with Gasteiger partial charge in [0.2, 0.25) is 12.3 Å². The number of hydrogen-bond acceptors (Lipinski definition) is 5. The monoisotopic (exact) mass is 673 g/mol. The highest BCUT2D eigenvalue weighted by Crippen LogP contribution is 2.32. The molecule has 2 amide bonds. The van der Waals surface area contributed by atoms with Gasteiger partial charge in [0.05, 0.1) is 23.5 Å². The first kappa shape index (κ1) is 32.3. The minimum absolute atomic E-state index is 0. The Labute approximate surface area is 240 Å². The summed E-state index contributed by atoms with van der Waals surface area (Å²) in [7, 11) is -3.56. The van der Waals surface area contributed by atoms with Gasteiger partial charge < -0.3 is 10.2 Å². The molecule has 0 aliphatic carbocycles. The first-order chi connectivity index (χ1) is 17.5. The smallest absolute Gasteiger partial charge is 0.355 e. The third-order valence-electron chi connectivity index (χ3n) is 6.99. The Morgan fingerprint density at radius 3 is 2.29 bits per heavy atom. The van der Waals surface area contributed by atoms with E-state index in [1.165, 1.54) is 20.7 Å². The number of halogens is 4. The van der Waals surface area contributed by atoms with Crippen molar-refractivity contribution in [3.05, 3.63) is 35.4 Å². The number of alkyl halides is 3. The Bertz CT molecular complexity index is 1090. The summed E-state index contributed by atoms with van der Waals surface area (Å²) in [5.74, 6) is -0.343. The zero-order valence-electron chi connectivity index (χ0n) is 21.1. The molecule has 9 nitrogen and oxygen atoms in total. The molecule has 214 valence electrons. The molecule has 3 heterocycles. The maximum atomic E-state index is 12.7. The molecular formula is C24H35F3IN5O4S. The van der Waals surface area contributed by atoms with Crippen LogP contribution in [0.2, 0.25) is 0 Å². The number of nitrogens with zero attached hydrogens (tertiary/aromatic N) is 4. The van der Waals surface area contributed by atoms with Crippen molar-refractivity contribution in [2.45, 2.75) is 51.4 Å². The van der Waals surface area contributed by atoms with E-state index >= 15 is 0 Å². The summed E-state index contributed by atoms with van der Waals surface area (Å²) < 4.78 is 64.6. The molecule has 0 saturated carbocycles. The highest BCUT2D eigenvalue weighted by molar-refractivity contribution is 14.0. The number of piperidine rings is 1. The highest BCUT2D eigenvalue weighted by atomic mass is 127. The van der Waals surface area contributed by atoms with Crippen LogP contribution in [0.5, 0.6) is 0 Å². The third-order valence-corrected chi connectivity index (χ3v) is 9.05. The summed E-state index contributed by atoms with van der Waals surface area (Å²) in [5, 5.41) is 11.2. The van der Waals surface area contributed by atoms with Gasteiger partial charge in [-0.1, -0.05) is 12.1 Å². The molecule has 0 radical (unpaired) electrons. The number of likely N-dealkylation sites (tertiary alicyclic amines) is 1. The predicted octanol–water partition coefficient (Wildman–Crippen LogP) is 3.22. The third kappa shape index (κ3) is 7.80. The molecule has 2 atom stereocenters. The maximum Gasteiger partial charge on any atom is 0.416 e. The number of amides is 2. The van der Waals surface area contributed by atoms with Crippen molar-refractivity contribution in [2.75, 3.05) is 32.7 Å². The van der Waals surface area contributed by atoms with Gasteiger partial charge in [-0.05, 0) is 50.3 Å². The lowest BCUT2D eigenvalue weighted by Gasteiger charge is -2.44. The first-order valence-electron chi connectivity index (χ1n) is 12.3. The average molecular weight is 674 g/mol. The van der Waals surface area contributed by atoms with Crippen molar-refractivity contribution in [1.82, 2.24) is 18.8 Å². The van der Waals surface area contributed by atoms with Gasteiger partial charge in [-0.25, -0.2) is 0 Å². The van der Waals surface area contributed by atoms with Crippen LogP contribution in [-0.4, -0.2) is 73.0 Å². The lowest BCUT2D eigenvalue weighted by Crippen LogP contribution is -2.60. The second-order valence-corrected chi connectivity index (χ2v) is 11.4. The molecule has 4 rings (SSSR count). The summed E-state index contributed by atoms with van der Waals surface area (Å²) in [6.07, 6.45) is -0.267. The quantitative estimate of drug-likeness (QED) is 0.368. The van der Waals surface area contributed by atoms with E-state index in [0.717, 1.165) is 44.5 Å². The Morgan fingerprint density at radius 2 is 1.76 bits per heavy atom. The molecular weight excluding hydrogens is 638 g/mol. The van der Waals surface area contributed by atoms with Crippen molar-refractivity contribution >= 4 is 46.5 Å². The normalized spacial score (nSPS) is 22.8. The fourth-order valence-corrected chi connectivity index (χ4v) is 6.73. The summed E-state index contributed by atoms with van der Waals surface area (Å²) in [5.41, 5.74) is -0.0579. The average Bonchev–Trinajstić information content (AvgIpc) is 3.37. The van der Waals surface area contributed by atoms with Crippen molar-refractivity contribution in [1.29, 1.82) is 5.26 Å². The zero-order valence-corrected chi connectivity index (χ0v) is 24.2. The number of nitriles is 1. The lowest BCUT2D eigenvalue weighted by molar-refractivity contribution is -0.138. The molecule has 3 aliphatic rings. The molecule has 1 aromatic carbocycles. The largest absolute Gasteiger partial charge is 0.416 e. The van der Waals surface area contributed by atoms with Gasteiger partial charge in [-0.15, -0.1) is 24.0 Å². The second-order valence-electron chi connectivity index (χ2n) is 9.48. The van der Waals surface area contributed by atoms with Crippen LogP contribution in [0.4, 0.5) is 13.2 Å². The number of hydrogen-bond donors (Lipinski definition) is 1. The van der Waals surface area contributed by atoms with Crippen LogP contribution >= 0.6 is 24.0 Å². The van der Waals surface area contributed by atoms with E-state index in [0.29, 0.717) is 24.9 Å². The van der Waals surface area contributed by atoms with Crippen molar-refractivity contribution in [2.24, 2.45) is 11.8 Å². The van der Waals surface area contributed by atoms with Gasteiger partial charge in [0.1, 0.15) is 0 Å². The number of benzene rings is 1. The molecule has 14 heteroatoms. The van der Waals surface area contributed by atoms with Gasteiger partial charge in [-0.3, -0.25) is 9.59 Å². The Balaban J connectivity index is 0.000000414.